The molecule has 1 saturated carbocycles. The second kappa shape index (κ2) is 4.55. The van der Waals surface area contributed by atoms with E-state index in [1.54, 1.807) is 0 Å². The molecule has 0 radical (unpaired) electrons. The molecule has 5 nitrogen and oxygen atoms in total. The van der Waals surface area contributed by atoms with Crippen LogP contribution in [0.2, 0.25) is 0 Å². The largest absolute Gasteiger partial charge is 0.370 e. The summed E-state index contributed by atoms with van der Waals surface area (Å²) in [6, 6.07) is 2.46. The number of hydrogen-bond donors (Lipinski definition) is 2. The highest BCUT2D eigenvalue weighted by atomic mass is 16.5. The number of nitrogens with zero attached hydrogens (tertiary/aromatic N) is 2. The number of nitrogens with one attached hydrogen (secondary N) is 1. The molecule has 0 bridgehead atoms. The van der Waals surface area contributed by atoms with Gasteiger partial charge in [0.05, 0.1) is 5.69 Å². The highest BCUT2D eigenvalue weighted by Gasteiger charge is 2.21. The lowest BCUT2D eigenvalue weighted by atomic mass is 10.1. The van der Waals surface area contributed by atoms with Gasteiger partial charge in [0.2, 0.25) is 0 Å². The van der Waals surface area contributed by atoms with Crippen LogP contribution >= 0.6 is 0 Å². The predicted molar refractivity (Wildman–Crippen MR) is 62.1 cm³/mol. The van der Waals surface area contributed by atoms with Gasteiger partial charge in [-0.3, -0.25) is 0 Å². The summed E-state index contributed by atoms with van der Waals surface area (Å²) in [5.74, 6) is 1.62. The van der Waals surface area contributed by atoms with Crippen molar-refractivity contribution < 1.29 is 4.52 Å². The van der Waals surface area contributed by atoms with Crippen molar-refractivity contribution in [3.05, 3.63) is 17.5 Å². The molecule has 1 aromatic heterocycles. The van der Waals surface area contributed by atoms with Gasteiger partial charge in [0.1, 0.15) is 6.54 Å². The molecular formula is C11H18N4O. The summed E-state index contributed by atoms with van der Waals surface area (Å²) < 4.78 is 5.16. The minimum Gasteiger partial charge on any atom is -0.370 e. The first-order valence-electron chi connectivity index (χ1n) is 5.67. The summed E-state index contributed by atoms with van der Waals surface area (Å²) in [6.45, 7) is 4.60. The van der Waals surface area contributed by atoms with Crippen LogP contribution in [0.3, 0.4) is 0 Å². The van der Waals surface area contributed by atoms with Gasteiger partial charge in [-0.1, -0.05) is 19.0 Å². The van der Waals surface area contributed by atoms with Gasteiger partial charge in [-0.2, -0.15) is 0 Å². The topological polar surface area (TPSA) is 76.4 Å². The molecule has 0 aliphatic heterocycles. The van der Waals surface area contributed by atoms with Gasteiger partial charge < -0.3 is 15.6 Å². The maximum Gasteiger partial charge on any atom is 0.189 e. The van der Waals surface area contributed by atoms with Gasteiger partial charge >= 0.3 is 0 Å². The van der Waals surface area contributed by atoms with E-state index in [-0.39, 0.29) is 0 Å². The van der Waals surface area contributed by atoms with Crippen molar-refractivity contribution >= 4 is 5.96 Å². The number of guanidine groups is 1. The molecule has 88 valence electrons. The van der Waals surface area contributed by atoms with Crippen LogP contribution in [0.25, 0.3) is 0 Å². The Hall–Kier alpha value is -1.52. The fourth-order valence-electron chi connectivity index (χ4n) is 1.32. The van der Waals surface area contributed by atoms with Gasteiger partial charge in [0.25, 0.3) is 0 Å². The monoisotopic (exact) mass is 222 g/mol. The van der Waals surface area contributed by atoms with E-state index in [2.05, 4.69) is 29.3 Å². The molecule has 1 aliphatic rings. The summed E-state index contributed by atoms with van der Waals surface area (Å²) in [5.41, 5.74) is 6.66. The molecule has 1 aliphatic carbocycles. The van der Waals surface area contributed by atoms with E-state index in [1.165, 1.54) is 12.8 Å². The van der Waals surface area contributed by atoms with Gasteiger partial charge in [0, 0.05) is 12.1 Å². The number of aromatic nitrogens is 1. The van der Waals surface area contributed by atoms with Crippen molar-refractivity contribution in [2.24, 2.45) is 10.7 Å². The Morgan fingerprint density at radius 1 is 1.69 bits per heavy atom. The van der Waals surface area contributed by atoms with Crippen molar-refractivity contribution in [3.8, 4) is 0 Å². The van der Waals surface area contributed by atoms with Gasteiger partial charge in [-0.05, 0) is 18.8 Å². The van der Waals surface area contributed by atoms with Crippen LogP contribution in [0.4, 0.5) is 0 Å². The van der Waals surface area contributed by atoms with Gasteiger partial charge in [0.15, 0.2) is 11.7 Å². The first-order chi connectivity index (χ1) is 7.65. The molecule has 1 heterocycles. The molecule has 5 heteroatoms. The van der Waals surface area contributed by atoms with Crippen molar-refractivity contribution in [1.29, 1.82) is 0 Å². The zero-order valence-electron chi connectivity index (χ0n) is 9.73. The third kappa shape index (κ3) is 2.98. The second-order valence-electron chi connectivity index (χ2n) is 4.49. The van der Waals surface area contributed by atoms with E-state index in [4.69, 9.17) is 10.3 Å². The maximum absolute atomic E-state index is 5.71. The number of hydrogen-bond acceptors (Lipinski definition) is 3. The molecule has 2 rings (SSSR count). The Bertz CT molecular complexity index is 379. The van der Waals surface area contributed by atoms with Crippen LogP contribution in [-0.4, -0.2) is 17.2 Å². The summed E-state index contributed by atoms with van der Waals surface area (Å²) in [6.07, 6.45) is 2.38. The molecule has 3 N–H and O–H groups in total. The van der Waals surface area contributed by atoms with Crippen LogP contribution in [0.1, 0.15) is 44.1 Å². The molecule has 0 atom stereocenters. The molecule has 0 aromatic carbocycles. The Labute approximate surface area is 95.1 Å². The Balaban J connectivity index is 1.87. The van der Waals surface area contributed by atoms with E-state index >= 15 is 0 Å². The van der Waals surface area contributed by atoms with Crippen molar-refractivity contribution in [2.75, 3.05) is 0 Å². The average Bonchev–Trinajstić information content (AvgIpc) is 2.91. The van der Waals surface area contributed by atoms with E-state index < -0.39 is 0 Å². The fraction of sp³-hybridized carbons (Fsp3) is 0.636. The molecular weight excluding hydrogens is 204 g/mol. The van der Waals surface area contributed by atoms with E-state index in [9.17, 15) is 0 Å². The van der Waals surface area contributed by atoms with Crippen molar-refractivity contribution in [2.45, 2.75) is 45.2 Å². The molecule has 1 fully saturated rings. The van der Waals surface area contributed by atoms with E-state index in [0.29, 0.717) is 24.5 Å². The zero-order chi connectivity index (χ0) is 11.5. The minimum atomic E-state index is 0.378. The fourth-order valence-corrected chi connectivity index (χ4v) is 1.32. The number of nitrogens with two attached hydrogens (primary N) is 1. The van der Waals surface area contributed by atoms with Gasteiger partial charge in [-0.15, -0.1) is 0 Å². The summed E-state index contributed by atoms with van der Waals surface area (Å²) in [5, 5.41) is 7.08. The lowest BCUT2D eigenvalue weighted by Gasteiger charge is -2.01. The molecule has 1 aromatic rings. The van der Waals surface area contributed by atoms with E-state index in [1.807, 2.05) is 6.07 Å². The third-order valence-electron chi connectivity index (χ3n) is 2.50. The quantitative estimate of drug-likeness (QED) is 0.595. The van der Waals surface area contributed by atoms with E-state index in [0.717, 1.165) is 11.5 Å². The Kier molecular flexibility index (Phi) is 3.12. The third-order valence-corrected chi connectivity index (χ3v) is 2.50. The minimum absolute atomic E-state index is 0.378. The standard InChI is InChI=1S/C11H18N4O/c1-7(2)10-5-9(16-15-10)6-13-11(12)14-8-3-4-8/h5,7-8H,3-4,6H2,1-2H3,(H3,12,13,14). The van der Waals surface area contributed by atoms with Crippen LogP contribution < -0.4 is 11.1 Å². The molecule has 0 unspecified atom stereocenters. The lowest BCUT2D eigenvalue weighted by molar-refractivity contribution is 0.376. The van der Waals surface area contributed by atoms with Crippen molar-refractivity contribution in [1.82, 2.24) is 10.5 Å². The highest BCUT2D eigenvalue weighted by Crippen LogP contribution is 2.18. The molecule has 0 spiro atoms. The SMILES string of the molecule is CC(C)c1cc(CN=C(N)NC2CC2)on1. The molecule has 0 saturated heterocycles. The summed E-state index contributed by atoms with van der Waals surface area (Å²) >= 11 is 0. The Morgan fingerprint density at radius 2 is 2.44 bits per heavy atom. The van der Waals surface area contributed by atoms with Crippen LogP contribution in [0.5, 0.6) is 0 Å². The average molecular weight is 222 g/mol. The smallest absolute Gasteiger partial charge is 0.189 e. The predicted octanol–water partition coefficient (Wildman–Crippen LogP) is 1.36. The van der Waals surface area contributed by atoms with Crippen LogP contribution in [0, 0.1) is 0 Å². The van der Waals surface area contributed by atoms with Crippen LogP contribution in [-0.2, 0) is 6.54 Å². The van der Waals surface area contributed by atoms with Crippen LogP contribution in [0.15, 0.2) is 15.6 Å². The lowest BCUT2D eigenvalue weighted by Crippen LogP contribution is -2.33. The number of rotatable bonds is 4. The normalized spacial score (nSPS) is 16.8. The first kappa shape index (κ1) is 11.0. The number of aliphatic imine (C=N–C) groups is 1. The molecule has 16 heavy (non-hydrogen) atoms. The summed E-state index contributed by atoms with van der Waals surface area (Å²) in [4.78, 5) is 4.20. The molecule has 0 amide bonds. The highest BCUT2D eigenvalue weighted by molar-refractivity contribution is 5.78. The van der Waals surface area contributed by atoms with Gasteiger partial charge in [-0.25, -0.2) is 4.99 Å². The Morgan fingerprint density at radius 3 is 3.00 bits per heavy atom. The first-order valence-corrected chi connectivity index (χ1v) is 5.67. The maximum atomic E-state index is 5.71. The van der Waals surface area contributed by atoms with Crippen molar-refractivity contribution in [3.63, 3.8) is 0 Å². The summed E-state index contributed by atoms with van der Waals surface area (Å²) in [7, 11) is 0. The zero-order valence-corrected chi connectivity index (χ0v) is 9.73. The second-order valence-corrected chi connectivity index (χ2v) is 4.49.